The van der Waals surface area contributed by atoms with Gasteiger partial charge in [0.25, 0.3) is 0 Å². The molecule has 1 aromatic carbocycles. The molecule has 0 aliphatic carbocycles. The number of carbonyl (C=O) groups excluding carboxylic acids is 1. The minimum absolute atomic E-state index is 0.144. The number of furan rings is 1. The molecule has 0 bridgehead atoms. The summed E-state index contributed by atoms with van der Waals surface area (Å²) in [6.45, 7) is 5.42. The van der Waals surface area contributed by atoms with Crippen LogP contribution in [0.1, 0.15) is 35.9 Å². The first-order valence-electron chi connectivity index (χ1n) is 8.98. The number of ketones is 1. The van der Waals surface area contributed by atoms with Crippen molar-refractivity contribution in [3.8, 4) is 11.5 Å². The Labute approximate surface area is 171 Å². The van der Waals surface area contributed by atoms with Crippen LogP contribution < -0.4 is 9.47 Å². The summed E-state index contributed by atoms with van der Waals surface area (Å²) >= 11 is 3.36. The van der Waals surface area contributed by atoms with Crippen LogP contribution in [-0.2, 0) is 13.2 Å². The molecule has 0 saturated carbocycles. The average Bonchev–Trinajstić information content (AvgIpc) is 3.32. The molecule has 7 heteroatoms. The third kappa shape index (κ3) is 4.92. The van der Waals surface area contributed by atoms with Crippen LogP contribution in [0.15, 0.2) is 57.6 Å². The van der Waals surface area contributed by atoms with Gasteiger partial charge in [-0.3, -0.25) is 9.48 Å². The van der Waals surface area contributed by atoms with E-state index in [1.165, 1.54) is 6.08 Å². The van der Waals surface area contributed by atoms with Crippen LogP contribution in [0.3, 0.4) is 0 Å². The van der Waals surface area contributed by atoms with E-state index >= 15 is 0 Å². The zero-order chi connectivity index (χ0) is 19.9. The Hall–Kier alpha value is -2.80. The number of nitrogens with zero attached hydrogens (tertiary/aromatic N) is 2. The van der Waals surface area contributed by atoms with E-state index in [4.69, 9.17) is 13.9 Å². The minimum Gasteiger partial charge on any atom is -0.494 e. The maximum absolute atomic E-state index is 12.4. The summed E-state index contributed by atoms with van der Waals surface area (Å²) in [6, 6.07) is 11.0. The lowest BCUT2D eigenvalue weighted by Gasteiger charge is -2.06. The zero-order valence-corrected chi connectivity index (χ0v) is 17.3. The molecule has 28 heavy (non-hydrogen) atoms. The molecule has 3 aromatic rings. The van der Waals surface area contributed by atoms with Crippen molar-refractivity contribution in [2.45, 2.75) is 27.0 Å². The molecule has 0 saturated heterocycles. The van der Waals surface area contributed by atoms with Gasteiger partial charge >= 0.3 is 0 Å². The molecule has 0 aliphatic rings. The van der Waals surface area contributed by atoms with Crippen molar-refractivity contribution >= 4 is 27.8 Å². The second-order valence-electron chi connectivity index (χ2n) is 5.85. The van der Waals surface area contributed by atoms with Crippen LogP contribution in [0.25, 0.3) is 6.08 Å². The van der Waals surface area contributed by atoms with Crippen molar-refractivity contribution in [1.82, 2.24) is 9.78 Å². The molecule has 0 atom stereocenters. The molecule has 0 amide bonds. The van der Waals surface area contributed by atoms with Crippen molar-refractivity contribution in [3.05, 3.63) is 70.4 Å². The Bertz CT molecular complexity index is 957. The average molecular weight is 445 g/mol. The molecule has 3 rings (SSSR count). The normalized spacial score (nSPS) is 11.1. The maximum atomic E-state index is 12.4. The highest BCUT2D eigenvalue weighted by Crippen LogP contribution is 2.20. The quantitative estimate of drug-likeness (QED) is 0.337. The van der Waals surface area contributed by atoms with Crippen molar-refractivity contribution < 1.29 is 18.7 Å². The van der Waals surface area contributed by atoms with Gasteiger partial charge in [0, 0.05) is 6.54 Å². The molecule has 0 aliphatic heterocycles. The van der Waals surface area contributed by atoms with E-state index in [0.29, 0.717) is 41.4 Å². The number of ether oxygens (including phenoxy) is 2. The summed E-state index contributed by atoms with van der Waals surface area (Å²) in [5, 5.41) is 4.15. The first-order valence-corrected chi connectivity index (χ1v) is 9.78. The highest BCUT2D eigenvalue weighted by Gasteiger charge is 2.14. The van der Waals surface area contributed by atoms with Crippen LogP contribution in [0.5, 0.6) is 11.5 Å². The number of allylic oxidation sites excluding steroid dienone is 1. The monoisotopic (exact) mass is 444 g/mol. The Balaban J connectivity index is 1.58. The van der Waals surface area contributed by atoms with E-state index in [2.05, 4.69) is 21.0 Å². The highest BCUT2D eigenvalue weighted by atomic mass is 79.9. The van der Waals surface area contributed by atoms with Crippen molar-refractivity contribution in [2.24, 2.45) is 0 Å². The van der Waals surface area contributed by atoms with Crippen molar-refractivity contribution in [2.75, 3.05) is 6.61 Å². The Morgan fingerprint density at radius 1 is 1.14 bits per heavy atom. The number of aryl methyl sites for hydroxylation is 1. The molecule has 0 unspecified atom stereocenters. The van der Waals surface area contributed by atoms with Gasteiger partial charge in [0.2, 0.25) is 5.78 Å². The maximum Gasteiger partial charge on any atom is 0.205 e. The van der Waals surface area contributed by atoms with Crippen molar-refractivity contribution in [3.63, 3.8) is 0 Å². The van der Waals surface area contributed by atoms with Crippen LogP contribution >= 0.6 is 15.9 Å². The summed E-state index contributed by atoms with van der Waals surface area (Å²) in [4.78, 5) is 12.4. The van der Waals surface area contributed by atoms with Gasteiger partial charge in [0.05, 0.1) is 17.3 Å². The fraction of sp³-hybridized carbons (Fsp3) is 0.238. The number of hydrogen-bond acceptors (Lipinski definition) is 5. The summed E-state index contributed by atoms with van der Waals surface area (Å²) in [5.41, 5.74) is 0.518. The molecule has 146 valence electrons. The number of carbonyl (C=O) groups is 1. The van der Waals surface area contributed by atoms with Gasteiger partial charge in [-0.1, -0.05) is 0 Å². The largest absolute Gasteiger partial charge is 0.494 e. The molecular formula is C21H21BrN2O4. The van der Waals surface area contributed by atoms with Crippen molar-refractivity contribution in [1.29, 1.82) is 0 Å². The number of hydrogen-bond donors (Lipinski definition) is 0. The zero-order valence-electron chi connectivity index (χ0n) is 15.7. The molecule has 0 radical (unpaired) electrons. The molecule has 6 nitrogen and oxygen atoms in total. The van der Waals surface area contributed by atoms with Gasteiger partial charge < -0.3 is 13.9 Å². The van der Waals surface area contributed by atoms with E-state index in [9.17, 15) is 4.79 Å². The van der Waals surface area contributed by atoms with Crippen LogP contribution in [-0.4, -0.2) is 22.2 Å². The van der Waals surface area contributed by atoms with Gasteiger partial charge in [0.15, 0.2) is 0 Å². The number of benzene rings is 1. The van der Waals surface area contributed by atoms with E-state index in [0.717, 1.165) is 11.5 Å². The number of aromatic nitrogens is 2. The fourth-order valence-corrected chi connectivity index (χ4v) is 3.09. The molecule has 0 N–H and O–H groups in total. The number of rotatable bonds is 9. The van der Waals surface area contributed by atoms with Gasteiger partial charge in [-0.15, -0.1) is 0 Å². The van der Waals surface area contributed by atoms with Gasteiger partial charge in [-0.25, -0.2) is 0 Å². The second kappa shape index (κ2) is 9.41. The Morgan fingerprint density at radius 3 is 2.54 bits per heavy atom. The first kappa shape index (κ1) is 19.9. The second-order valence-corrected chi connectivity index (χ2v) is 6.71. The number of halogens is 1. The van der Waals surface area contributed by atoms with E-state index in [1.807, 2.05) is 44.2 Å². The molecule has 2 heterocycles. The van der Waals surface area contributed by atoms with Gasteiger partial charge in [0.1, 0.15) is 35.3 Å². The van der Waals surface area contributed by atoms with E-state index in [1.54, 1.807) is 23.0 Å². The molecule has 0 spiro atoms. The lowest BCUT2D eigenvalue weighted by molar-refractivity contribution is 0.103. The standard InChI is InChI=1S/C21H21BrN2O4/c1-3-24-21(19(22)13-23-24)20(25)12-11-17-9-10-18(28-17)14-27-16-7-5-15(6-8-16)26-4-2/h5-13H,3-4,14H2,1-2H3/b12-11+. The first-order chi connectivity index (χ1) is 13.6. The fourth-order valence-electron chi connectivity index (χ4n) is 2.60. The molecule has 2 aromatic heterocycles. The molecular weight excluding hydrogens is 424 g/mol. The van der Waals surface area contributed by atoms with Crippen LogP contribution in [0.4, 0.5) is 0 Å². The van der Waals surface area contributed by atoms with E-state index in [-0.39, 0.29) is 5.78 Å². The lowest BCUT2D eigenvalue weighted by Crippen LogP contribution is -2.07. The minimum atomic E-state index is -0.144. The Morgan fingerprint density at radius 2 is 1.86 bits per heavy atom. The third-order valence-electron chi connectivity index (χ3n) is 3.92. The smallest absolute Gasteiger partial charge is 0.205 e. The summed E-state index contributed by atoms with van der Waals surface area (Å²) in [5.74, 6) is 2.64. The lowest BCUT2D eigenvalue weighted by atomic mass is 10.2. The Kier molecular flexibility index (Phi) is 6.71. The summed E-state index contributed by atoms with van der Waals surface area (Å²) in [7, 11) is 0. The van der Waals surface area contributed by atoms with Crippen LogP contribution in [0, 0.1) is 0 Å². The van der Waals surface area contributed by atoms with Gasteiger partial charge in [-0.2, -0.15) is 5.10 Å². The summed E-state index contributed by atoms with van der Waals surface area (Å²) < 4.78 is 19.1. The van der Waals surface area contributed by atoms with Gasteiger partial charge in [-0.05, 0) is 78.3 Å². The highest BCUT2D eigenvalue weighted by molar-refractivity contribution is 9.10. The third-order valence-corrected chi connectivity index (χ3v) is 4.51. The SMILES string of the molecule is CCOc1ccc(OCc2ccc(/C=C/C(=O)c3c(Br)cnn3CC)o2)cc1. The predicted molar refractivity (Wildman–Crippen MR) is 110 cm³/mol. The molecule has 0 fully saturated rings. The summed E-state index contributed by atoms with van der Waals surface area (Å²) in [6.07, 6.45) is 4.74. The topological polar surface area (TPSA) is 66.5 Å². The predicted octanol–water partition coefficient (Wildman–Crippen LogP) is 5.13. The van der Waals surface area contributed by atoms with E-state index < -0.39 is 0 Å². The van der Waals surface area contributed by atoms with Crippen LogP contribution in [0.2, 0.25) is 0 Å².